The zero-order valence-electron chi connectivity index (χ0n) is 13.6. The lowest BCUT2D eigenvalue weighted by Crippen LogP contribution is -2.26. The van der Waals surface area contributed by atoms with Crippen LogP contribution in [-0.4, -0.2) is 32.8 Å². The van der Waals surface area contributed by atoms with E-state index in [2.05, 4.69) is 25.7 Å². The Kier molecular flexibility index (Phi) is 4.69. The first-order valence-electron chi connectivity index (χ1n) is 7.84. The minimum absolute atomic E-state index is 0.189. The van der Waals surface area contributed by atoms with Crippen molar-refractivity contribution in [2.24, 2.45) is 0 Å². The fourth-order valence-electron chi connectivity index (χ4n) is 2.27. The van der Waals surface area contributed by atoms with Gasteiger partial charge in [-0.2, -0.15) is 10.1 Å². The van der Waals surface area contributed by atoms with E-state index in [1.165, 1.54) is 6.20 Å². The summed E-state index contributed by atoms with van der Waals surface area (Å²) in [4.78, 5) is 16.7. The van der Waals surface area contributed by atoms with E-state index in [1.807, 2.05) is 44.2 Å². The number of rotatable bonds is 6. The number of aromatic amines is 1. The topological polar surface area (TPSA) is 96.7 Å². The number of hydrogen-bond acceptors (Lipinski definition) is 5. The molecule has 0 aliphatic carbocycles. The molecule has 0 aliphatic rings. The van der Waals surface area contributed by atoms with Crippen LogP contribution in [0.3, 0.4) is 0 Å². The second kappa shape index (κ2) is 7.08. The summed E-state index contributed by atoms with van der Waals surface area (Å²) in [6, 6.07) is 9.61. The Morgan fingerprint density at radius 1 is 1.29 bits per heavy atom. The van der Waals surface area contributed by atoms with Gasteiger partial charge in [0.1, 0.15) is 0 Å². The van der Waals surface area contributed by atoms with Gasteiger partial charge in [-0.15, -0.1) is 0 Å². The lowest BCUT2D eigenvalue weighted by molar-refractivity contribution is 0.0954. The fraction of sp³-hybridized carbons (Fsp3) is 0.294. The Morgan fingerprint density at radius 2 is 2.08 bits per heavy atom. The maximum atomic E-state index is 12.4. The van der Waals surface area contributed by atoms with Crippen LogP contribution in [0.4, 0.5) is 0 Å². The summed E-state index contributed by atoms with van der Waals surface area (Å²) in [5, 5.41) is 13.6. The van der Waals surface area contributed by atoms with E-state index in [0.717, 1.165) is 5.56 Å². The van der Waals surface area contributed by atoms with Crippen molar-refractivity contribution in [1.29, 1.82) is 0 Å². The number of aromatic nitrogens is 4. The molecule has 0 aliphatic heterocycles. The van der Waals surface area contributed by atoms with Crippen LogP contribution in [0, 0.1) is 0 Å². The Bertz CT molecular complexity index is 807. The van der Waals surface area contributed by atoms with Gasteiger partial charge in [-0.3, -0.25) is 9.89 Å². The molecule has 7 heteroatoms. The predicted molar refractivity (Wildman–Crippen MR) is 88.4 cm³/mol. The standard InChI is InChI=1S/C17H19N5O2/c1-11(2)16-20-14(24-22-16)8-9-18-17(23)13-10-19-21-15(13)12-6-4-3-5-7-12/h3-7,10-11H,8-9H2,1-2H3,(H,18,23)(H,19,21). The number of amides is 1. The molecule has 2 aromatic heterocycles. The molecule has 0 fully saturated rings. The zero-order valence-corrected chi connectivity index (χ0v) is 13.6. The molecule has 1 amide bonds. The van der Waals surface area contributed by atoms with E-state index in [9.17, 15) is 4.79 Å². The van der Waals surface area contributed by atoms with Crippen molar-refractivity contribution in [1.82, 2.24) is 25.7 Å². The van der Waals surface area contributed by atoms with Crippen LogP contribution in [0.1, 0.15) is 41.8 Å². The molecular weight excluding hydrogens is 306 g/mol. The van der Waals surface area contributed by atoms with Crippen LogP contribution >= 0.6 is 0 Å². The van der Waals surface area contributed by atoms with Crippen LogP contribution in [0.2, 0.25) is 0 Å². The molecule has 3 aromatic rings. The monoisotopic (exact) mass is 325 g/mol. The number of carbonyl (C=O) groups excluding carboxylic acids is 1. The molecule has 0 saturated heterocycles. The highest BCUT2D eigenvalue weighted by atomic mass is 16.5. The Morgan fingerprint density at radius 3 is 2.79 bits per heavy atom. The van der Waals surface area contributed by atoms with Crippen LogP contribution in [0.15, 0.2) is 41.1 Å². The lowest BCUT2D eigenvalue weighted by atomic mass is 10.1. The highest BCUT2D eigenvalue weighted by Crippen LogP contribution is 2.20. The van der Waals surface area contributed by atoms with Crippen LogP contribution in [-0.2, 0) is 6.42 Å². The molecule has 0 unspecified atom stereocenters. The van der Waals surface area contributed by atoms with Crippen molar-refractivity contribution in [3.05, 3.63) is 53.8 Å². The fourth-order valence-corrected chi connectivity index (χ4v) is 2.27. The van der Waals surface area contributed by atoms with Gasteiger partial charge in [-0.05, 0) is 0 Å². The smallest absolute Gasteiger partial charge is 0.255 e. The summed E-state index contributed by atoms with van der Waals surface area (Å²) in [5.74, 6) is 1.23. The molecule has 124 valence electrons. The number of nitrogens with zero attached hydrogens (tertiary/aromatic N) is 3. The normalized spacial score (nSPS) is 11.0. The molecule has 0 atom stereocenters. The Balaban J connectivity index is 1.61. The maximum Gasteiger partial charge on any atom is 0.255 e. The first-order valence-corrected chi connectivity index (χ1v) is 7.84. The average Bonchev–Trinajstić information content (AvgIpc) is 3.25. The minimum atomic E-state index is -0.189. The first kappa shape index (κ1) is 15.9. The quantitative estimate of drug-likeness (QED) is 0.726. The van der Waals surface area contributed by atoms with E-state index in [-0.39, 0.29) is 11.8 Å². The van der Waals surface area contributed by atoms with Crippen LogP contribution in [0.25, 0.3) is 11.3 Å². The van der Waals surface area contributed by atoms with Gasteiger partial charge in [-0.25, -0.2) is 0 Å². The molecule has 24 heavy (non-hydrogen) atoms. The summed E-state index contributed by atoms with van der Waals surface area (Å²) in [7, 11) is 0. The maximum absolute atomic E-state index is 12.4. The molecule has 1 aromatic carbocycles. The number of H-pyrrole nitrogens is 1. The van der Waals surface area contributed by atoms with Crippen molar-refractivity contribution in [2.75, 3.05) is 6.54 Å². The van der Waals surface area contributed by atoms with Crippen molar-refractivity contribution >= 4 is 5.91 Å². The highest BCUT2D eigenvalue weighted by molar-refractivity contribution is 5.99. The number of nitrogens with one attached hydrogen (secondary N) is 2. The average molecular weight is 325 g/mol. The highest BCUT2D eigenvalue weighted by Gasteiger charge is 2.15. The molecular formula is C17H19N5O2. The summed E-state index contributed by atoms with van der Waals surface area (Å²) in [5.41, 5.74) is 2.13. The van der Waals surface area contributed by atoms with Crippen molar-refractivity contribution in [2.45, 2.75) is 26.2 Å². The molecule has 0 bridgehead atoms. The van der Waals surface area contributed by atoms with E-state index < -0.39 is 0 Å². The first-order chi connectivity index (χ1) is 11.6. The molecule has 3 rings (SSSR count). The van der Waals surface area contributed by atoms with Crippen LogP contribution in [0.5, 0.6) is 0 Å². The van der Waals surface area contributed by atoms with Gasteiger partial charge in [0.05, 0.1) is 17.5 Å². The van der Waals surface area contributed by atoms with Gasteiger partial charge >= 0.3 is 0 Å². The SMILES string of the molecule is CC(C)c1noc(CCNC(=O)c2cn[nH]c2-c2ccccc2)n1. The predicted octanol–water partition coefficient (Wildman–Crippen LogP) is 2.56. The Hall–Kier alpha value is -2.96. The summed E-state index contributed by atoms with van der Waals surface area (Å²) < 4.78 is 5.16. The van der Waals surface area contributed by atoms with Crippen LogP contribution < -0.4 is 5.32 Å². The molecule has 0 spiro atoms. The summed E-state index contributed by atoms with van der Waals surface area (Å²) in [6.07, 6.45) is 2.02. The van der Waals surface area contributed by atoms with Gasteiger partial charge in [0.25, 0.3) is 5.91 Å². The van der Waals surface area contributed by atoms with Gasteiger partial charge in [0.2, 0.25) is 5.89 Å². The summed E-state index contributed by atoms with van der Waals surface area (Å²) in [6.45, 7) is 4.42. The van der Waals surface area contributed by atoms with Crippen molar-refractivity contribution in [3.8, 4) is 11.3 Å². The van der Waals surface area contributed by atoms with E-state index in [0.29, 0.717) is 35.9 Å². The largest absolute Gasteiger partial charge is 0.351 e. The van der Waals surface area contributed by atoms with Gasteiger partial charge in [-0.1, -0.05) is 49.3 Å². The van der Waals surface area contributed by atoms with Gasteiger partial charge < -0.3 is 9.84 Å². The third-order valence-corrected chi connectivity index (χ3v) is 3.57. The lowest BCUT2D eigenvalue weighted by Gasteiger charge is -2.04. The van der Waals surface area contributed by atoms with Gasteiger partial charge in [0.15, 0.2) is 5.82 Å². The number of carbonyl (C=O) groups is 1. The zero-order chi connectivity index (χ0) is 16.9. The van der Waals surface area contributed by atoms with Gasteiger partial charge in [0, 0.05) is 24.4 Å². The van der Waals surface area contributed by atoms with Crippen molar-refractivity contribution in [3.63, 3.8) is 0 Å². The third kappa shape index (κ3) is 3.51. The second-order valence-electron chi connectivity index (χ2n) is 5.73. The van der Waals surface area contributed by atoms with E-state index >= 15 is 0 Å². The second-order valence-corrected chi connectivity index (χ2v) is 5.73. The molecule has 0 saturated carbocycles. The number of hydrogen-bond donors (Lipinski definition) is 2. The van der Waals surface area contributed by atoms with Crippen molar-refractivity contribution < 1.29 is 9.32 Å². The molecule has 2 N–H and O–H groups in total. The minimum Gasteiger partial charge on any atom is -0.351 e. The van der Waals surface area contributed by atoms with E-state index in [1.54, 1.807) is 0 Å². The molecule has 2 heterocycles. The van der Waals surface area contributed by atoms with E-state index in [4.69, 9.17) is 4.52 Å². The Labute approximate surface area is 139 Å². The third-order valence-electron chi connectivity index (χ3n) is 3.57. The molecule has 0 radical (unpaired) electrons. The summed E-state index contributed by atoms with van der Waals surface area (Å²) >= 11 is 0. The molecule has 7 nitrogen and oxygen atoms in total. The number of benzene rings is 1.